The van der Waals surface area contributed by atoms with Crippen molar-refractivity contribution < 1.29 is 14.0 Å². The molecule has 0 saturated carbocycles. The van der Waals surface area contributed by atoms with Crippen molar-refractivity contribution in [1.82, 2.24) is 19.6 Å². The molecule has 9 nitrogen and oxygen atoms in total. The van der Waals surface area contributed by atoms with Crippen LogP contribution in [0.5, 0.6) is 0 Å². The van der Waals surface area contributed by atoms with E-state index in [1.54, 1.807) is 19.2 Å². The third-order valence-electron chi connectivity index (χ3n) is 4.15. The Hall–Kier alpha value is -3.36. The van der Waals surface area contributed by atoms with Crippen molar-refractivity contribution in [2.75, 3.05) is 10.6 Å². The van der Waals surface area contributed by atoms with Gasteiger partial charge in [0.05, 0.1) is 23.3 Å². The third kappa shape index (κ3) is 3.62. The molecule has 2 amide bonds. The lowest BCUT2D eigenvalue weighted by atomic mass is 10.3. The molecule has 3 heterocycles. The summed E-state index contributed by atoms with van der Waals surface area (Å²) in [6.45, 7) is 7.80. The molecule has 142 valence electrons. The van der Waals surface area contributed by atoms with Gasteiger partial charge in [-0.15, -0.1) is 0 Å². The van der Waals surface area contributed by atoms with Gasteiger partial charge in [-0.1, -0.05) is 0 Å². The second kappa shape index (κ2) is 7.10. The largest absolute Gasteiger partial charge is 0.459 e. The molecule has 2 N–H and O–H groups in total. The van der Waals surface area contributed by atoms with Gasteiger partial charge in [-0.25, -0.2) is 0 Å². The lowest BCUT2D eigenvalue weighted by Crippen LogP contribution is -2.14. The van der Waals surface area contributed by atoms with Gasteiger partial charge < -0.3 is 15.1 Å². The van der Waals surface area contributed by atoms with E-state index in [1.165, 1.54) is 17.0 Å². The molecule has 0 spiro atoms. The minimum Gasteiger partial charge on any atom is -0.459 e. The first-order chi connectivity index (χ1) is 12.8. The Bertz CT molecular complexity index is 981. The number of nitrogens with zero attached hydrogens (tertiary/aromatic N) is 4. The van der Waals surface area contributed by atoms with E-state index in [-0.39, 0.29) is 23.4 Å². The number of carbonyl (C=O) groups is 2. The van der Waals surface area contributed by atoms with Crippen molar-refractivity contribution in [3.05, 3.63) is 47.3 Å². The molecule has 3 aromatic rings. The van der Waals surface area contributed by atoms with E-state index < -0.39 is 5.91 Å². The number of anilines is 2. The molecule has 0 aliphatic heterocycles. The first-order valence-electron chi connectivity index (χ1n) is 8.54. The average molecular weight is 370 g/mol. The number of aryl methyl sites for hydroxylation is 2. The highest BCUT2D eigenvalue weighted by atomic mass is 16.3. The summed E-state index contributed by atoms with van der Waals surface area (Å²) in [7, 11) is 1.64. The molecule has 0 aliphatic carbocycles. The van der Waals surface area contributed by atoms with Crippen molar-refractivity contribution in [3.8, 4) is 0 Å². The van der Waals surface area contributed by atoms with Crippen LogP contribution in [0.3, 0.4) is 0 Å². The molecule has 9 heteroatoms. The van der Waals surface area contributed by atoms with Crippen LogP contribution in [0.15, 0.2) is 28.9 Å². The van der Waals surface area contributed by atoms with E-state index in [0.29, 0.717) is 11.5 Å². The molecule has 0 fully saturated rings. The van der Waals surface area contributed by atoms with Crippen molar-refractivity contribution >= 4 is 23.3 Å². The first kappa shape index (κ1) is 18.4. The molecule has 3 rings (SSSR count). The van der Waals surface area contributed by atoms with Crippen LogP contribution in [0.2, 0.25) is 0 Å². The maximum atomic E-state index is 12.6. The first-order valence-corrected chi connectivity index (χ1v) is 8.54. The summed E-state index contributed by atoms with van der Waals surface area (Å²) in [5.41, 5.74) is 2.46. The topological polar surface area (TPSA) is 107 Å². The van der Waals surface area contributed by atoms with Gasteiger partial charge >= 0.3 is 0 Å². The molecule has 0 radical (unpaired) electrons. The number of carbonyl (C=O) groups excluding carboxylic acids is 2. The maximum Gasteiger partial charge on any atom is 0.292 e. The van der Waals surface area contributed by atoms with E-state index in [2.05, 4.69) is 20.8 Å². The number of amides is 2. The molecular formula is C18H22N6O3. The number of rotatable bonds is 5. The zero-order chi connectivity index (χ0) is 19.7. The average Bonchev–Trinajstić information content (AvgIpc) is 3.32. The highest BCUT2D eigenvalue weighted by Gasteiger charge is 2.20. The van der Waals surface area contributed by atoms with E-state index in [0.717, 1.165) is 11.4 Å². The van der Waals surface area contributed by atoms with E-state index in [4.69, 9.17) is 4.42 Å². The van der Waals surface area contributed by atoms with Crippen molar-refractivity contribution in [3.63, 3.8) is 0 Å². The fourth-order valence-corrected chi connectivity index (χ4v) is 2.81. The summed E-state index contributed by atoms with van der Waals surface area (Å²) in [6.07, 6.45) is 1.42. The van der Waals surface area contributed by atoms with Crippen LogP contribution in [0.4, 0.5) is 11.5 Å². The normalized spacial score (nSPS) is 11.0. The van der Waals surface area contributed by atoms with Gasteiger partial charge in [0.15, 0.2) is 11.5 Å². The lowest BCUT2D eigenvalue weighted by molar-refractivity contribution is 0.0993. The second-order valence-corrected chi connectivity index (χ2v) is 6.51. The van der Waals surface area contributed by atoms with Gasteiger partial charge in [0, 0.05) is 19.2 Å². The molecule has 3 aromatic heterocycles. The number of furan rings is 1. The Morgan fingerprint density at radius 1 is 1.15 bits per heavy atom. The minimum absolute atomic E-state index is 0.176. The predicted molar refractivity (Wildman–Crippen MR) is 99.9 cm³/mol. The highest BCUT2D eigenvalue weighted by molar-refractivity contribution is 6.05. The predicted octanol–water partition coefficient (Wildman–Crippen LogP) is 2.91. The van der Waals surface area contributed by atoms with Gasteiger partial charge in [0.25, 0.3) is 11.8 Å². The fourth-order valence-electron chi connectivity index (χ4n) is 2.81. The quantitative estimate of drug-likeness (QED) is 0.718. The monoisotopic (exact) mass is 370 g/mol. The summed E-state index contributed by atoms with van der Waals surface area (Å²) >= 11 is 0. The fraction of sp³-hybridized carbons (Fsp3) is 0.333. The Kier molecular flexibility index (Phi) is 4.85. The van der Waals surface area contributed by atoms with Crippen LogP contribution in [-0.2, 0) is 7.05 Å². The van der Waals surface area contributed by atoms with Crippen LogP contribution in [0, 0.1) is 13.8 Å². The summed E-state index contributed by atoms with van der Waals surface area (Å²) < 4.78 is 8.34. The summed E-state index contributed by atoms with van der Waals surface area (Å²) in [4.78, 5) is 24.7. The lowest BCUT2D eigenvalue weighted by Gasteiger charge is -2.08. The number of aromatic nitrogens is 4. The van der Waals surface area contributed by atoms with Gasteiger partial charge in [-0.2, -0.15) is 10.2 Å². The van der Waals surface area contributed by atoms with Gasteiger partial charge in [0.2, 0.25) is 0 Å². The smallest absolute Gasteiger partial charge is 0.292 e. The minimum atomic E-state index is -0.417. The molecule has 0 unspecified atom stereocenters. The van der Waals surface area contributed by atoms with E-state index in [1.807, 2.05) is 32.4 Å². The van der Waals surface area contributed by atoms with E-state index in [9.17, 15) is 9.59 Å². The van der Waals surface area contributed by atoms with Crippen LogP contribution in [-0.4, -0.2) is 31.4 Å². The van der Waals surface area contributed by atoms with E-state index >= 15 is 0 Å². The summed E-state index contributed by atoms with van der Waals surface area (Å²) in [5.74, 6) is -0.235. The maximum absolute atomic E-state index is 12.6. The SMILES string of the molecule is Cc1nn(C(C)C)c(C)c1NC(=O)c1cc(NC(=O)c2ccco2)n(C)n1. The van der Waals surface area contributed by atoms with Crippen molar-refractivity contribution in [2.45, 2.75) is 33.7 Å². The summed E-state index contributed by atoms with van der Waals surface area (Å²) in [6, 6.07) is 4.87. The Morgan fingerprint density at radius 2 is 1.89 bits per heavy atom. The van der Waals surface area contributed by atoms with Crippen LogP contribution < -0.4 is 10.6 Å². The third-order valence-corrected chi connectivity index (χ3v) is 4.15. The molecule has 27 heavy (non-hydrogen) atoms. The van der Waals surface area contributed by atoms with Gasteiger partial charge in [0.1, 0.15) is 5.82 Å². The molecular weight excluding hydrogens is 348 g/mol. The molecule has 0 aliphatic rings. The zero-order valence-electron chi connectivity index (χ0n) is 15.9. The molecule has 0 bridgehead atoms. The zero-order valence-corrected chi connectivity index (χ0v) is 15.9. The van der Waals surface area contributed by atoms with Gasteiger partial charge in [-0.05, 0) is 39.8 Å². The highest BCUT2D eigenvalue weighted by Crippen LogP contribution is 2.23. The van der Waals surface area contributed by atoms with Crippen LogP contribution in [0.25, 0.3) is 0 Å². The molecule has 0 saturated heterocycles. The van der Waals surface area contributed by atoms with Crippen molar-refractivity contribution in [1.29, 1.82) is 0 Å². The van der Waals surface area contributed by atoms with Gasteiger partial charge in [-0.3, -0.25) is 19.0 Å². The second-order valence-electron chi connectivity index (χ2n) is 6.51. The number of hydrogen-bond acceptors (Lipinski definition) is 5. The number of nitrogens with one attached hydrogen (secondary N) is 2. The Labute approximate surface area is 156 Å². The van der Waals surface area contributed by atoms with Crippen LogP contribution in [0.1, 0.15) is 52.3 Å². The molecule has 0 atom stereocenters. The Balaban J connectivity index is 1.78. The van der Waals surface area contributed by atoms with Crippen molar-refractivity contribution in [2.24, 2.45) is 7.05 Å². The van der Waals surface area contributed by atoms with Crippen LogP contribution >= 0.6 is 0 Å². The number of hydrogen-bond donors (Lipinski definition) is 2. The summed E-state index contributed by atoms with van der Waals surface area (Å²) in [5, 5.41) is 14.2. The molecule has 0 aromatic carbocycles. The Morgan fingerprint density at radius 3 is 2.48 bits per heavy atom. The standard InChI is InChI=1S/C18H22N6O3/c1-10(2)24-12(4)16(11(3)21-24)20-17(25)13-9-15(23(5)22-13)19-18(26)14-7-6-8-27-14/h6-10H,1-5H3,(H,19,26)(H,20,25).